The van der Waals surface area contributed by atoms with Crippen molar-refractivity contribution < 1.29 is 4.74 Å². The third kappa shape index (κ3) is 2.63. The van der Waals surface area contributed by atoms with Gasteiger partial charge >= 0.3 is 0 Å². The van der Waals surface area contributed by atoms with E-state index in [1.54, 1.807) is 5.57 Å². The Morgan fingerprint density at radius 2 is 2.24 bits per heavy atom. The molecule has 2 unspecified atom stereocenters. The third-order valence-electron chi connectivity index (χ3n) is 6.50. The molecular weight excluding hydrogens is 256 g/mol. The van der Waals surface area contributed by atoms with E-state index >= 15 is 0 Å². The van der Waals surface area contributed by atoms with Crippen LogP contribution in [0.1, 0.15) is 66.7 Å². The summed E-state index contributed by atoms with van der Waals surface area (Å²) in [6.45, 7) is 11.6. The summed E-state index contributed by atoms with van der Waals surface area (Å²) in [5.74, 6) is 3.02. The first kappa shape index (κ1) is 15.3. The van der Waals surface area contributed by atoms with Crippen molar-refractivity contribution in [1.82, 2.24) is 0 Å². The maximum absolute atomic E-state index is 6.63. The van der Waals surface area contributed by atoms with Gasteiger partial charge in [-0.2, -0.15) is 0 Å². The van der Waals surface area contributed by atoms with Crippen molar-refractivity contribution in [2.45, 2.75) is 78.4 Å². The number of fused-ring (bicyclic) bond motifs is 5. The second kappa shape index (κ2) is 5.57. The molecule has 2 fully saturated rings. The molecule has 118 valence electrons. The van der Waals surface area contributed by atoms with Gasteiger partial charge in [0.05, 0.1) is 11.7 Å². The second-order valence-electron chi connectivity index (χ2n) is 8.25. The number of hydrogen-bond donors (Lipinski definition) is 0. The summed E-state index contributed by atoms with van der Waals surface area (Å²) in [4.78, 5) is 0. The van der Waals surface area contributed by atoms with Crippen LogP contribution < -0.4 is 0 Å². The van der Waals surface area contributed by atoms with Gasteiger partial charge in [-0.15, -0.1) is 0 Å². The Balaban J connectivity index is 1.71. The Morgan fingerprint density at radius 3 is 2.95 bits per heavy atom. The highest BCUT2D eigenvalue weighted by atomic mass is 16.5. The summed E-state index contributed by atoms with van der Waals surface area (Å²) >= 11 is 0. The lowest BCUT2D eigenvalue weighted by Crippen LogP contribution is -2.40. The van der Waals surface area contributed by atoms with E-state index in [9.17, 15) is 0 Å². The first-order chi connectivity index (χ1) is 9.92. The summed E-state index contributed by atoms with van der Waals surface area (Å²) in [6, 6.07) is 0. The molecule has 1 heteroatoms. The number of allylic oxidation sites excluding steroid dienone is 3. The smallest absolute Gasteiger partial charge is 0.0696 e. The van der Waals surface area contributed by atoms with E-state index < -0.39 is 0 Å². The highest BCUT2D eigenvalue weighted by molar-refractivity contribution is 5.23. The fourth-order valence-electron chi connectivity index (χ4n) is 5.17. The van der Waals surface area contributed by atoms with Crippen molar-refractivity contribution in [1.29, 1.82) is 0 Å². The van der Waals surface area contributed by atoms with Crippen LogP contribution in [0.5, 0.6) is 0 Å². The van der Waals surface area contributed by atoms with Gasteiger partial charge in [-0.3, -0.25) is 0 Å². The molecule has 0 aromatic heterocycles. The fourth-order valence-corrected chi connectivity index (χ4v) is 5.17. The minimum atomic E-state index is 0.166. The molecule has 21 heavy (non-hydrogen) atoms. The minimum absolute atomic E-state index is 0.166. The molecule has 1 nitrogen and oxygen atoms in total. The van der Waals surface area contributed by atoms with Gasteiger partial charge < -0.3 is 4.74 Å². The maximum Gasteiger partial charge on any atom is 0.0696 e. The first-order valence-electron chi connectivity index (χ1n) is 8.90. The summed E-state index contributed by atoms with van der Waals surface area (Å²) in [7, 11) is 0. The van der Waals surface area contributed by atoms with Crippen LogP contribution in [-0.4, -0.2) is 11.7 Å². The van der Waals surface area contributed by atoms with Crippen LogP contribution in [-0.2, 0) is 4.74 Å². The van der Waals surface area contributed by atoms with E-state index in [-0.39, 0.29) is 5.60 Å². The summed E-state index contributed by atoms with van der Waals surface area (Å²) < 4.78 is 6.63. The molecular formula is C20H32O. The van der Waals surface area contributed by atoms with Gasteiger partial charge in [-0.25, -0.2) is 0 Å². The van der Waals surface area contributed by atoms with Gasteiger partial charge in [0.15, 0.2) is 0 Å². The van der Waals surface area contributed by atoms with Crippen LogP contribution in [0.15, 0.2) is 23.3 Å². The molecule has 2 heterocycles. The Morgan fingerprint density at radius 1 is 1.48 bits per heavy atom. The van der Waals surface area contributed by atoms with Gasteiger partial charge in [-0.05, 0) is 71.6 Å². The Labute approximate surface area is 130 Å². The Hall–Kier alpha value is -0.560. The van der Waals surface area contributed by atoms with Crippen LogP contribution in [0.4, 0.5) is 0 Å². The lowest BCUT2D eigenvalue weighted by molar-refractivity contribution is -0.118. The van der Waals surface area contributed by atoms with Crippen molar-refractivity contribution in [3.63, 3.8) is 0 Å². The molecule has 0 N–H and O–H groups in total. The molecule has 0 spiro atoms. The Kier molecular flexibility index (Phi) is 4.07. The second-order valence-corrected chi connectivity index (χ2v) is 8.25. The average Bonchev–Trinajstić information content (AvgIpc) is 2.89. The molecule has 6 atom stereocenters. The van der Waals surface area contributed by atoms with E-state index in [2.05, 4.69) is 46.8 Å². The van der Waals surface area contributed by atoms with Gasteiger partial charge in [-0.1, -0.05) is 30.2 Å². The predicted octanol–water partition coefficient (Wildman–Crippen LogP) is 5.52. The zero-order valence-corrected chi connectivity index (χ0v) is 14.5. The molecule has 0 saturated carbocycles. The predicted molar refractivity (Wildman–Crippen MR) is 89.2 cm³/mol. The molecule has 2 aliphatic heterocycles. The zero-order valence-electron chi connectivity index (χ0n) is 14.5. The van der Waals surface area contributed by atoms with E-state index in [0.717, 1.165) is 17.8 Å². The molecule has 1 aliphatic carbocycles. The number of hydrogen-bond acceptors (Lipinski definition) is 1. The highest BCUT2D eigenvalue weighted by Gasteiger charge is 2.58. The standard InChI is InChI=1S/C20H32O/c1-13(2)7-6-8-14(3)16-11-12-20(5)17-10-9-15(4)18(17)19(16)21-20/h7,9,14,16-19H,6,8,10-12H2,1-5H3/t14?,16-,17+,18+,19+,20?/m0/s1. The van der Waals surface area contributed by atoms with Crippen molar-refractivity contribution in [3.05, 3.63) is 23.3 Å². The highest BCUT2D eigenvalue weighted by Crippen LogP contribution is 2.58. The van der Waals surface area contributed by atoms with E-state index in [0.29, 0.717) is 12.0 Å². The number of rotatable bonds is 4. The summed E-state index contributed by atoms with van der Waals surface area (Å²) in [5, 5.41) is 0. The van der Waals surface area contributed by atoms with Crippen LogP contribution >= 0.6 is 0 Å². The monoisotopic (exact) mass is 288 g/mol. The van der Waals surface area contributed by atoms with Crippen molar-refractivity contribution >= 4 is 0 Å². The van der Waals surface area contributed by atoms with Gasteiger partial charge in [0, 0.05) is 11.8 Å². The maximum atomic E-state index is 6.63. The lowest BCUT2D eigenvalue weighted by Gasteiger charge is -2.40. The topological polar surface area (TPSA) is 9.23 Å². The molecule has 0 radical (unpaired) electrons. The molecule has 3 aliphatic rings. The van der Waals surface area contributed by atoms with Crippen molar-refractivity contribution in [2.75, 3.05) is 0 Å². The number of ether oxygens (including phenoxy) is 1. The third-order valence-corrected chi connectivity index (χ3v) is 6.50. The van der Waals surface area contributed by atoms with Gasteiger partial charge in [0.25, 0.3) is 0 Å². The summed E-state index contributed by atoms with van der Waals surface area (Å²) in [5.41, 5.74) is 3.22. The van der Waals surface area contributed by atoms with Gasteiger partial charge in [0.1, 0.15) is 0 Å². The van der Waals surface area contributed by atoms with E-state index in [1.807, 2.05) is 0 Å². The molecule has 0 amide bonds. The SMILES string of the molecule is CC(C)=CCCC(C)[C@@H]1CCC2(C)O[C@H]1[C@@H]1C(C)=CC[C@H]12. The molecule has 0 aromatic rings. The van der Waals surface area contributed by atoms with E-state index in [1.165, 1.54) is 37.7 Å². The quantitative estimate of drug-likeness (QED) is 0.619. The van der Waals surface area contributed by atoms with Crippen LogP contribution in [0, 0.1) is 23.7 Å². The fraction of sp³-hybridized carbons (Fsp3) is 0.800. The molecule has 0 aromatic carbocycles. The minimum Gasteiger partial charge on any atom is -0.371 e. The first-order valence-corrected chi connectivity index (χ1v) is 8.90. The molecule has 3 rings (SSSR count). The van der Waals surface area contributed by atoms with E-state index in [4.69, 9.17) is 4.74 Å². The summed E-state index contributed by atoms with van der Waals surface area (Å²) in [6.07, 6.45) is 11.8. The van der Waals surface area contributed by atoms with Gasteiger partial charge in [0.2, 0.25) is 0 Å². The van der Waals surface area contributed by atoms with Crippen LogP contribution in [0.2, 0.25) is 0 Å². The Bertz CT molecular complexity index is 456. The van der Waals surface area contributed by atoms with Crippen molar-refractivity contribution in [2.24, 2.45) is 23.7 Å². The largest absolute Gasteiger partial charge is 0.371 e. The average molecular weight is 288 g/mol. The molecule has 2 saturated heterocycles. The van der Waals surface area contributed by atoms with Crippen LogP contribution in [0.3, 0.4) is 0 Å². The van der Waals surface area contributed by atoms with Crippen LogP contribution in [0.25, 0.3) is 0 Å². The van der Waals surface area contributed by atoms with Crippen molar-refractivity contribution in [3.8, 4) is 0 Å². The molecule has 2 bridgehead atoms. The lowest BCUT2D eigenvalue weighted by atomic mass is 9.77. The normalized spacial score (nSPS) is 42.4. The zero-order chi connectivity index (χ0) is 15.2.